The average molecular weight is 1370 g/mol. The van der Waals surface area contributed by atoms with Crippen molar-refractivity contribution >= 4 is 39.5 Å². The molecule has 0 aromatic rings. The number of hydrogen-bond donors (Lipinski definition) is 3. The summed E-state index contributed by atoms with van der Waals surface area (Å²) >= 11 is 0. The van der Waals surface area contributed by atoms with Crippen LogP contribution in [0.5, 0.6) is 0 Å². The molecular weight excluding hydrogens is 1220 g/mol. The Bertz CT molecular complexity index is 1810. The second-order valence-electron chi connectivity index (χ2n) is 27.4. The Labute approximate surface area is 568 Å². The van der Waals surface area contributed by atoms with E-state index in [-0.39, 0.29) is 25.7 Å². The normalized spacial score (nSPS) is 14.3. The zero-order valence-corrected chi connectivity index (χ0v) is 62.3. The van der Waals surface area contributed by atoms with E-state index in [0.717, 1.165) is 108 Å². The maximum Gasteiger partial charge on any atom is 0.472 e. The third-order valence-corrected chi connectivity index (χ3v) is 19.5. The van der Waals surface area contributed by atoms with Crippen molar-refractivity contribution in [1.82, 2.24) is 0 Å². The van der Waals surface area contributed by atoms with E-state index in [1.54, 1.807) is 0 Å². The van der Waals surface area contributed by atoms with E-state index >= 15 is 0 Å². The van der Waals surface area contributed by atoms with Crippen LogP contribution in [0.1, 0.15) is 382 Å². The summed E-state index contributed by atoms with van der Waals surface area (Å²) in [6.45, 7) is 9.54. The molecule has 3 unspecified atom stereocenters. The molecule has 0 rings (SSSR count). The number of unbranched alkanes of at least 4 members (excludes halogenated alkanes) is 42. The summed E-state index contributed by atoms with van der Waals surface area (Å²) < 4.78 is 68.2. The van der Waals surface area contributed by atoms with E-state index in [1.807, 2.05) is 0 Å². The molecule has 0 aromatic carbocycles. The highest BCUT2D eigenvalue weighted by molar-refractivity contribution is 7.47. The van der Waals surface area contributed by atoms with E-state index in [4.69, 9.17) is 37.0 Å². The van der Waals surface area contributed by atoms with Gasteiger partial charge in [0.2, 0.25) is 0 Å². The Morgan fingerprint density at radius 2 is 0.548 bits per heavy atom. The molecule has 0 saturated heterocycles. The van der Waals surface area contributed by atoms with Gasteiger partial charge in [0.1, 0.15) is 19.3 Å². The van der Waals surface area contributed by atoms with Gasteiger partial charge in [-0.3, -0.25) is 37.3 Å². The van der Waals surface area contributed by atoms with Crippen LogP contribution in [-0.4, -0.2) is 96.7 Å². The van der Waals surface area contributed by atoms with Crippen LogP contribution in [0.4, 0.5) is 0 Å². The smallest absolute Gasteiger partial charge is 0.462 e. The fourth-order valence-corrected chi connectivity index (χ4v) is 12.8. The molecule has 0 saturated carbocycles. The topological polar surface area (TPSA) is 237 Å². The van der Waals surface area contributed by atoms with Gasteiger partial charge >= 0.3 is 39.5 Å². The fraction of sp³-hybridized carbons (Fsp3) is 0.946. The highest BCUT2D eigenvalue weighted by Crippen LogP contribution is 2.45. The summed E-state index contributed by atoms with van der Waals surface area (Å²) in [5.74, 6) is -0.531. The Morgan fingerprint density at radius 3 is 0.817 bits per heavy atom. The van der Waals surface area contributed by atoms with Gasteiger partial charge < -0.3 is 33.8 Å². The highest BCUT2D eigenvalue weighted by atomic mass is 31.2. The summed E-state index contributed by atoms with van der Waals surface area (Å²) in [7, 11) is -9.90. The van der Waals surface area contributed by atoms with Crippen molar-refractivity contribution < 1.29 is 80.2 Å². The zero-order chi connectivity index (χ0) is 68.6. The first-order valence-electron chi connectivity index (χ1n) is 38.5. The predicted molar refractivity (Wildman–Crippen MR) is 377 cm³/mol. The predicted octanol–water partition coefficient (Wildman–Crippen LogP) is 21.6. The molecule has 0 aliphatic rings. The van der Waals surface area contributed by atoms with Crippen LogP contribution in [0.3, 0.4) is 0 Å². The Hall–Kier alpha value is -1.94. The summed E-state index contributed by atoms with van der Waals surface area (Å²) in [5, 5.41) is 10.6. The lowest BCUT2D eigenvalue weighted by atomic mass is 9.99. The minimum atomic E-state index is -4.95. The first kappa shape index (κ1) is 91.1. The van der Waals surface area contributed by atoms with Gasteiger partial charge in [-0.05, 0) is 37.5 Å². The number of rotatable bonds is 73. The average Bonchev–Trinajstić information content (AvgIpc) is 1.69. The molecule has 93 heavy (non-hydrogen) atoms. The zero-order valence-electron chi connectivity index (χ0n) is 60.6. The number of carbonyl (C=O) groups is 4. The Kier molecular flexibility index (Phi) is 64.6. The van der Waals surface area contributed by atoms with Crippen LogP contribution >= 0.6 is 15.6 Å². The number of phosphoric acid groups is 2. The Balaban J connectivity index is 5.15. The van der Waals surface area contributed by atoms with Crippen LogP contribution in [0.25, 0.3) is 0 Å². The molecule has 3 N–H and O–H groups in total. The largest absolute Gasteiger partial charge is 0.472 e. The van der Waals surface area contributed by atoms with Crippen molar-refractivity contribution in [2.24, 2.45) is 11.8 Å². The molecule has 0 fully saturated rings. The van der Waals surface area contributed by atoms with Crippen LogP contribution < -0.4 is 0 Å². The number of aliphatic hydroxyl groups is 1. The highest BCUT2D eigenvalue weighted by Gasteiger charge is 2.30. The van der Waals surface area contributed by atoms with E-state index in [1.165, 1.54) is 193 Å². The third-order valence-electron chi connectivity index (χ3n) is 17.6. The molecule has 0 amide bonds. The molecule has 0 spiro atoms. The van der Waals surface area contributed by atoms with E-state index in [0.29, 0.717) is 25.7 Å². The van der Waals surface area contributed by atoms with Gasteiger partial charge in [0.15, 0.2) is 12.2 Å². The van der Waals surface area contributed by atoms with Gasteiger partial charge in [0.05, 0.1) is 26.4 Å². The van der Waals surface area contributed by atoms with Crippen LogP contribution in [-0.2, 0) is 65.4 Å². The number of aliphatic hydroxyl groups excluding tert-OH is 1. The fourth-order valence-electron chi connectivity index (χ4n) is 11.3. The maximum absolute atomic E-state index is 13.1. The Morgan fingerprint density at radius 1 is 0.312 bits per heavy atom. The summed E-state index contributed by atoms with van der Waals surface area (Å²) in [5.41, 5.74) is 0. The lowest BCUT2D eigenvalue weighted by Gasteiger charge is -2.21. The molecule has 6 atom stereocenters. The first-order valence-corrected chi connectivity index (χ1v) is 41.5. The minimum Gasteiger partial charge on any atom is -0.462 e. The molecule has 0 aliphatic carbocycles. The molecule has 0 bridgehead atoms. The number of phosphoric ester groups is 2. The molecular formula is C74H144O17P2. The number of ether oxygens (including phenoxy) is 4. The van der Waals surface area contributed by atoms with Gasteiger partial charge in [-0.1, -0.05) is 330 Å². The lowest BCUT2D eigenvalue weighted by Crippen LogP contribution is -2.30. The van der Waals surface area contributed by atoms with Crippen molar-refractivity contribution in [2.75, 3.05) is 39.6 Å². The van der Waals surface area contributed by atoms with E-state index < -0.39 is 97.5 Å². The van der Waals surface area contributed by atoms with Crippen molar-refractivity contribution in [3.8, 4) is 0 Å². The minimum absolute atomic E-state index is 0.105. The number of esters is 4. The second kappa shape index (κ2) is 66.0. The van der Waals surface area contributed by atoms with Crippen LogP contribution in [0.2, 0.25) is 0 Å². The third kappa shape index (κ3) is 67.0. The summed E-state index contributed by atoms with van der Waals surface area (Å²) in [6, 6.07) is 0. The van der Waals surface area contributed by atoms with E-state index in [2.05, 4.69) is 41.5 Å². The van der Waals surface area contributed by atoms with E-state index in [9.17, 15) is 43.2 Å². The molecule has 0 radical (unpaired) electrons. The lowest BCUT2D eigenvalue weighted by molar-refractivity contribution is -0.161. The molecule has 552 valence electrons. The SMILES string of the molecule is CCCCCCCCCCCCCCCCCCCC(=O)OC[C@H](COP(=O)(O)OC[C@@H](O)COP(=O)(O)OC[C@@H](COC(=O)CCCCCCC)OC(=O)CCCCCCCCCCCCC(C)C)OC(=O)CCCCCCCCCCCCCCCCC(C)CC. The second-order valence-corrected chi connectivity index (χ2v) is 30.3. The number of hydrogen-bond acceptors (Lipinski definition) is 15. The molecule has 0 aromatic heterocycles. The quantitative estimate of drug-likeness (QED) is 0.0222. The maximum atomic E-state index is 13.1. The van der Waals surface area contributed by atoms with Gasteiger partial charge in [0.25, 0.3) is 0 Å². The monoisotopic (exact) mass is 1370 g/mol. The van der Waals surface area contributed by atoms with Gasteiger partial charge in [-0.15, -0.1) is 0 Å². The molecule has 17 nitrogen and oxygen atoms in total. The van der Waals surface area contributed by atoms with Gasteiger partial charge in [0, 0.05) is 25.7 Å². The summed E-state index contributed by atoms with van der Waals surface area (Å²) in [4.78, 5) is 72.5. The van der Waals surface area contributed by atoms with Crippen LogP contribution in [0, 0.1) is 11.8 Å². The van der Waals surface area contributed by atoms with Crippen molar-refractivity contribution in [3.63, 3.8) is 0 Å². The first-order chi connectivity index (χ1) is 44.9. The molecule has 0 heterocycles. The number of carbonyl (C=O) groups excluding carboxylic acids is 4. The molecule has 0 aliphatic heterocycles. The van der Waals surface area contributed by atoms with Crippen molar-refractivity contribution in [3.05, 3.63) is 0 Å². The summed E-state index contributed by atoms with van der Waals surface area (Å²) in [6.07, 6.45) is 53.1. The molecule has 19 heteroatoms. The van der Waals surface area contributed by atoms with Gasteiger partial charge in [-0.2, -0.15) is 0 Å². The van der Waals surface area contributed by atoms with Crippen LogP contribution in [0.15, 0.2) is 0 Å². The van der Waals surface area contributed by atoms with Gasteiger partial charge in [-0.25, -0.2) is 9.13 Å². The van der Waals surface area contributed by atoms with Crippen molar-refractivity contribution in [2.45, 2.75) is 400 Å². The van der Waals surface area contributed by atoms with Crippen molar-refractivity contribution in [1.29, 1.82) is 0 Å². The standard InChI is InChI=1S/C74H144O17P2/c1-7-10-12-14-15-16-17-18-19-20-21-25-28-34-39-45-51-57-72(77)85-63-70(91-74(79)58-52-46-40-35-29-26-23-22-24-27-33-38-44-49-55-67(6)9-3)65-89-93(82,83)87-61-68(75)60-86-92(80,81)88-64-69(62-84-71(76)56-50-42-13-11-8-2)90-73(78)59-53-47-41-36-31-30-32-37-43-48-54-66(4)5/h66-70,75H,7-65H2,1-6H3,(H,80,81)(H,82,83)/t67?,68-,69+,70+/m0/s1.